The Labute approximate surface area is 135 Å². The van der Waals surface area contributed by atoms with Gasteiger partial charge in [-0.25, -0.2) is 0 Å². The van der Waals surface area contributed by atoms with Crippen molar-refractivity contribution in [3.05, 3.63) is 29.8 Å². The van der Waals surface area contributed by atoms with Crippen LogP contribution in [0.2, 0.25) is 0 Å². The molecule has 0 saturated heterocycles. The molecule has 0 aliphatic heterocycles. The summed E-state index contributed by atoms with van der Waals surface area (Å²) in [4.78, 5) is 11.1. The zero-order valence-electron chi connectivity index (χ0n) is 14.1. The lowest BCUT2D eigenvalue weighted by molar-refractivity contribution is -0.143. The Balaban J connectivity index is 1.85. The maximum atomic E-state index is 11.1. The number of aryl methyl sites for hydroxylation is 1. The monoisotopic (exact) mass is 306 g/mol. The van der Waals surface area contributed by atoms with Gasteiger partial charge in [0.2, 0.25) is 0 Å². The van der Waals surface area contributed by atoms with E-state index < -0.39 is 0 Å². The highest BCUT2D eigenvalue weighted by Crippen LogP contribution is 2.12. The summed E-state index contributed by atoms with van der Waals surface area (Å²) in [6.45, 7) is 5.44. The molecule has 1 aromatic rings. The lowest BCUT2D eigenvalue weighted by Crippen LogP contribution is -2.04. The van der Waals surface area contributed by atoms with Crippen LogP contribution in [0.5, 0.6) is 5.75 Å². The second kappa shape index (κ2) is 12.1. The van der Waals surface area contributed by atoms with Crippen molar-refractivity contribution in [1.82, 2.24) is 0 Å². The summed E-state index contributed by atoms with van der Waals surface area (Å²) in [5.41, 5.74) is 1.26. The van der Waals surface area contributed by atoms with Gasteiger partial charge in [0.1, 0.15) is 5.75 Å². The summed E-state index contributed by atoms with van der Waals surface area (Å²) < 4.78 is 10.8. The van der Waals surface area contributed by atoms with E-state index in [-0.39, 0.29) is 5.97 Å². The molecule has 0 aliphatic carbocycles. The molecule has 0 N–H and O–H groups in total. The highest BCUT2D eigenvalue weighted by molar-refractivity contribution is 5.69. The van der Waals surface area contributed by atoms with Gasteiger partial charge >= 0.3 is 5.97 Å². The Morgan fingerprint density at radius 1 is 0.909 bits per heavy atom. The highest BCUT2D eigenvalue weighted by Gasteiger charge is 1.99. The molecule has 0 unspecified atom stereocenters. The van der Waals surface area contributed by atoms with Gasteiger partial charge in [-0.3, -0.25) is 4.79 Å². The van der Waals surface area contributed by atoms with Crippen LogP contribution >= 0.6 is 0 Å². The van der Waals surface area contributed by atoms with E-state index in [2.05, 4.69) is 19.1 Å². The molecule has 0 fully saturated rings. The second-order valence-electron chi connectivity index (χ2n) is 5.75. The van der Waals surface area contributed by atoms with Crippen LogP contribution in [0.15, 0.2) is 24.3 Å². The molecule has 0 heterocycles. The van der Waals surface area contributed by atoms with E-state index in [1.54, 1.807) is 0 Å². The summed E-state index contributed by atoms with van der Waals surface area (Å²) in [5.74, 6) is 0.898. The van der Waals surface area contributed by atoms with Gasteiger partial charge < -0.3 is 9.47 Å². The van der Waals surface area contributed by atoms with Gasteiger partial charge in [0.15, 0.2) is 0 Å². The van der Waals surface area contributed by atoms with E-state index >= 15 is 0 Å². The van der Waals surface area contributed by atoms with Crippen molar-refractivity contribution in [3.63, 3.8) is 0 Å². The summed E-state index contributed by atoms with van der Waals surface area (Å²) in [6, 6.07) is 8.19. The number of esters is 1. The molecule has 124 valence electrons. The fraction of sp³-hybridized carbons (Fsp3) is 0.632. The van der Waals surface area contributed by atoms with E-state index in [1.165, 1.54) is 24.8 Å². The molecule has 0 spiro atoms. The zero-order chi connectivity index (χ0) is 16.0. The number of ether oxygens (including phenoxy) is 2. The van der Waals surface area contributed by atoms with Crippen molar-refractivity contribution in [2.24, 2.45) is 0 Å². The summed E-state index contributed by atoms with van der Waals surface area (Å²) in [6.07, 6.45) is 8.24. The van der Waals surface area contributed by atoms with Crippen LogP contribution in [0.1, 0.15) is 63.9 Å². The Kier molecular flexibility index (Phi) is 10.2. The number of hydrogen-bond donors (Lipinski definition) is 0. The van der Waals surface area contributed by atoms with Gasteiger partial charge in [-0.15, -0.1) is 0 Å². The van der Waals surface area contributed by atoms with Crippen LogP contribution in [0.4, 0.5) is 0 Å². The van der Waals surface area contributed by atoms with Gasteiger partial charge in [0.05, 0.1) is 13.2 Å². The first-order valence-electron chi connectivity index (χ1n) is 8.57. The molecule has 0 aliphatic rings. The smallest absolute Gasteiger partial charge is 0.305 e. The van der Waals surface area contributed by atoms with Gasteiger partial charge in [0.25, 0.3) is 0 Å². The Morgan fingerprint density at radius 2 is 1.50 bits per heavy atom. The third-order valence-electron chi connectivity index (χ3n) is 3.55. The maximum Gasteiger partial charge on any atom is 0.305 e. The molecule has 1 aromatic carbocycles. The minimum Gasteiger partial charge on any atom is -0.494 e. The molecular formula is C19H30O3. The molecule has 0 aromatic heterocycles. The topological polar surface area (TPSA) is 35.5 Å². The number of benzene rings is 1. The van der Waals surface area contributed by atoms with Crippen LogP contribution in [0.3, 0.4) is 0 Å². The average Bonchev–Trinajstić information content (AvgIpc) is 2.51. The minimum absolute atomic E-state index is 0.0595. The molecule has 0 bridgehead atoms. The number of rotatable bonds is 12. The van der Waals surface area contributed by atoms with Crippen LogP contribution in [-0.2, 0) is 9.53 Å². The molecule has 0 amide bonds. The predicted octanol–water partition coefficient (Wildman–Crippen LogP) is 5.06. The molecule has 3 heteroatoms. The number of carbonyl (C=O) groups excluding carboxylic acids is 1. The maximum absolute atomic E-state index is 11.1. The highest BCUT2D eigenvalue weighted by atomic mass is 16.5. The molecule has 0 radical (unpaired) electrons. The minimum atomic E-state index is -0.0595. The van der Waals surface area contributed by atoms with Crippen molar-refractivity contribution in [2.45, 2.75) is 65.2 Å². The number of unbranched alkanes of at least 4 members (excludes halogenated alkanes) is 5. The van der Waals surface area contributed by atoms with Crippen LogP contribution < -0.4 is 4.74 Å². The average molecular weight is 306 g/mol. The third kappa shape index (κ3) is 9.43. The zero-order valence-corrected chi connectivity index (χ0v) is 14.1. The summed E-state index contributed by atoms with van der Waals surface area (Å²) in [7, 11) is 0. The molecular weight excluding hydrogens is 276 g/mol. The lowest BCUT2D eigenvalue weighted by atomic mass is 10.1. The van der Waals surface area contributed by atoms with Crippen LogP contribution in [-0.4, -0.2) is 19.2 Å². The van der Waals surface area contributed by atoms with Crippen molar-refractivity contribution in [2.75, 3.05) is 13.2 Å². The van der Waals surface area contributed by atoms with Crippen molar-refractivity contribution >= 4 is 5.97 Å². The van der Waals surface area contributed by atoms with E-state index in [9.17, 15) is 4.79 Å². The molecule has 0 atom stereocenters. The fourth-order valence-electron chi connectivity index (χ4n) is 2.20. The van der Waals surface area contributed by atoms with Crippen molar-refractivity contribution in [3.8, 4) is 5.75 Å². The van der Waals surface area contributed by atoms with E-state index in [0.29, 0.717) is 13.0 Å². The van der Waals surface area contributed by atoms with Crippen LogP contribution in [0.25, 0.3) is 0 Å². The van der Waals surface area contributed by atoms with E-state index in [1.807, 2.05) is 19.1 Å². The summed E-state index contributed by atoms with van der Waals surface area (Å²) in [5, 5.41) is 0. The first kappa shape index (κ1) is 18.5. The molecule has 1 rings (SSSR count). The summed E-state index contributed by atoms with van der Waals surface area (Å²) >= 11 is 0. The van der Waals surface area contributed by atoms with Crippen molar-refractivity contribution in [1.29, 1.82) is 0 Å². The van der Waals surface area contributed by atoms with Gasteiger partial charge in [-0.1, -0.05) is 50.3 Å². The fourth-order valence-corrected chi connectivity index (χ4v) is 2.20. The van der Waals surface area contributed by atoms with Crippen LogP contribution in [0, 0.1) is 6.92 Å². The first-order chi connectivity index (χ1) is 10.7. The van der Waals surface area contributed by atoms with Gasteiger partial charge in [0, 0.05) is 6.42 Å². The van der Waals surface area contributed by atoms with Crippen molar-refractivity contribution < 1.29 is 14.3 Å². The number of carbonyl (C=O) groups is 1. The largest absolute Gasteiger partial charge is 0.494 e. The molecule has 22 heavy (non-hydrogen) atoms. The predicted molar refractivity (Wildman–Crippen MR) is 90.2 cm³/mol. The Morgan fingerprint density at radius 3 is 2.14 bits per heavy atom. The van der Waals surface area contributed by atoms with Gasteiger partial charge in [-0.05, 0) is 38.3 Å². The molecule has 0 saturated carbocycles. The Bertz CT molecular complexity index is 398. The Hall–Kier alpha value is -1.51. The van der Waals surface area contributed by atoms with E-state index in [4.69, 9.17) is 9.47 Å². The number of hydrogen-bond acceptors (Lipinski definition) is 3. The molecule has 3 nitrogen and oxygen atoms in total. The first-order valence-corrected chi connectivity index (χ1v) is 8.57. The SMILES string of the molecule is CCCC(=O)OCCCCCCCCOc1ccc(C)cc1. The second-order valence-corrected chi connectivity index (χ2v) is 5.75. The standard InChI is InChI=1S/C19H30O3/c1-3-10-19(20)22-16-9-7-5-4-6-8-15-21-18-13-11-17(2)12-14-18/h11-14H,3-10,15-16H2,1-2H3. The quantitative estimate of drug-likeness (QED) is 0.400. The lowest BCUT2D eigenvalue weighted by Gasteiger charge is -2.06. The van der Waals surface area contributed by atoms with Gasteiger partial charge in [-0.2, -0.15) is 0 Å². The normalized spacial score (nSPS) is 10.5. The van der Waals surface area contributed by atoms with E-state index in [0.717, 1.165) is 38.0 Å². The third-order valence-corrected chi connectivity index (χ3v) is 3.55.